The van der Waals surface area contributed by atoms with Gasteiger partial charge in [-0.05, 0) is 38.8 Å². The zero-order valence-corrected chi connectivity index (χ0v) is 22.3. The number of nitrogens with one attached hydrogen (secondary N) is 1. The molecule has 2 aromatic rings. The lowest BCUT2D eigenvalue weighted by Gasteiger charge is -2.47. The van der Waals surface area contributed by atoms with Gasteiger partial charge in [-0.3, -0.25) is 14.5 Å². The van der Waals surface area contributed by atoms with E-state index < -0.39 is 5.54 Å². The number of nitrogens with zero attached hydrogens (tertiary/aromatic N) is 3. The van der Waals surface area contributed by atoms with Crippen molar-refractivity contribution in [2.45, 2.75) is 83.8 Å². The number of likely N-dealkylation sites (N-methyl/N-ethyl adjacent to an activating group) is 1. The fourth-order valence-corrected chi connectivity index (χ4v) is 5.87. The van der Waals surface area contributed by atoms with E-state index in [0.717, 1.165) is 49.9 Å². The summed E-state index contributed by atoms with van der Waals surface area (Å²) in [6.07, 6.45) is 9.53. The normalized spacial score (nSPS) is 21.3. The molecule has 1 unspecified atom stereocenters. The SMILES string of the molecule is C=C(C)CN(CC)CCN1C(=O)c2cc3occc3n2CC1(C(=C)C)C(=O)NC1CCCCCCC1. The van der Waals surface area contributed by atoms with Gasteiger partial charge in [0.15, 0.2) is 11.1 Å². The minimum absolute atomic E-state index is 0.118. The molecule has 4 rings (SSSR count). The maximum atomic E-state index is 14.3. The first-order valence-electron chi connectivity index (χ1n) is 13.5. The Labute approximate surface area is 215 Å². The van der Waals surface area contributed by atoms with Crippen LogP contribution < -0.4 is 5.32 Å². The molecular formula is C29H42N4O3. The van der Waals surface area contributed by atoms with E-state index in [1.54, 1.807) is 17.2 Å². The molecule has 0 spiro atoms. The Hall–Kier alpha value is -2.80. The number of hydrogen-bond donors (Lipinski definition) is 1. The van der Waals surface area contributed by atoms with E-state index in [1.165, 1.54) is 19.3 Å². The average molecular weight is 495 g/mol. The fourth-order valence-electron chi connectivity index (χ4n) is 5.87. The van der Waals surface area contributed by atoms with Crippen LogP contribution in [0.1, 0.15) is 76.2 Å². The molecule has 36 heavy (non-hydrogen) atoms. The molecule has 3 heterocycles. The van der Waals surface area contributed by atoms with E-state index in [9.17, 15) is 9.59 Å². The molecule has 1 aliphatic carbocycles. The first kappa shape index (κ1) is 26.3. The highest BCUT2D eigenvalue weighted by Crippen LogP contribution is 2.37. The van der Waals surface area contributed by atoms with Crippen molar-refractivity contribution >= 4 is 22.9 Å². The standard InChI is InChI=1S/C29H42N4O3/c1-6-31(19-21(2)3)15-16-33-27(34)25-18-26-24(14-17-36-26)32(25)20-29(33,22(4)5)28(35)30-23-12-10-8-7-9-11-13-23/h14,17-18,23H,2,4,6-13,15-16,19-20H2,1,3,5H3,(H,30,35). The van der Waals surface area contributed by atoms with E-state index in [1.807, 2.05) is 24.5 Å². The largest absolute Gasteiger partial charge is 0.463 e. The molecule has 0 aromatic carbocycles. The van der Waals surface area contributed by atoms with Crippen molar-refractivity contribution in [3.63, 3.8) is 0 Å². The predicted molar refractivity (Wildman–Crippen MR) is 144 cm³/mol. The van der Waals surface area contributed by atoms with Crippen LogP contribution in [0.4, 0.5) is 0 Å². The van der Waals surface area contributed by atoms with Crippen LogP contribution in [0.25, 0.3) is 11.1 Å². The van der Waals surface area contributed by atoms with Gasteiger partial charge in [0, 0.05) is 37.8 Å². The summed E-state index contributed by atoms with van der Waals surface area (Å²) in [4.78, 5) is 32.3. The lowest BCUT2D eigenvalue weighted by atomic mass is 9.84. The lowest BCUT2D eigenvalue weighted by Crippen LogP contribution is -2.67. The second-order valence-electron chi connectivity index (χ2n) is 10.7. The third-order valence-corrected chi connectivity index (χ3v) is 7.94. The van der Waals surface area contributed by atoms with Crippen LogP contribution in [0.3, 0.4) is 0 Å². The first-order chi connectivity index (χ1) is 17.3. The zero-order valence-electron chi connectivity index (χ0n) is 22.3. The maximum Gasteiger partial charge on any atom is 0.271 e. The molecule has 7 heteroatoms. The molecule has 0 saturated heterocycles. The minimum Gasteiger partial charge on any atom is -0.463 e. The molecule has 1 aliphatic heterocycles. The molecule has 7 nitrogen and oxygen atoms in total. The number of aromatic nitrogens is 1. The van der Waals surface area contributed by atoms with Crippen LogP contribution >= 0.6 is 0 Å². The van der Waals surface area contributed by atoms with Crippen molar-refractivity contribution in [3.05, 3.63) is 48.4 Å². The highest BCUT2D eigenvalue weighted by Gasteiger charge is 2.52. The summed E-state index contributed by atoms with van der Waals surface area (Å²) in [6.45, 7) is 17.3. The molecule has 0 bridgehead atoms. The second kappa shape index (κ2) is 11.1. The van der Waals surface area contributed by atoms with Crippen molar-refractivity contribution in [2.24, 2.45) is 0 Å². The summed E-state index contributed by atoms with van der Waals surface area (Å²) in [5, 5.41) is 3.37. The van der Waals surface area contributed by atoms with Gasteiger partial charge in [-0.2, -0.15) is 0 Å². The third-order valence-electron chi connectivity index (χ3n) is 7.94. The summed E-state index contributed by atoms with van der Waals surface area (Å²) in [5.41, 5.74) is 2.64. The Kier molecular flexibility index (Phi) is 8.08. The molecule has 1 N–H and O–H groups in total. The van der Waals surface area contributed by atoms with Crippen LogP contribution in [-0.4, -0.2) is 63.9 Å². The maximum absolute atomic E-state index is 14.3. The van der Waals surface area contributed by atoms with Crippen molar-refractivity contribution in [2.75, 3.05) is 26.2 Å². The number of furan rings is 1. The zero-order chi connectivity index (χ0) is 25.9. The monoisotopic (exact) mass is 494 g/mol. The van der Waals surface area contributed by atoms with E-state index >= 15 is 0 Å². The molecule has 2 aliphatic rings. The Morgan fingerprint density at radius 2 is 1.89 bits per heavy atom. The molecule has 2 aromatic heterocycles. The predicted octanol–water partition coefficient (Wildman–Crippen LogP) is 5.13. The molecule has 1 atom stereocenters. The topological polar surface area (TPSA) is 70.7 Å². The Morgan fingerprint density at radius 3 is 2.53 bits per heavy atom. The number of rotatable bonds is 9. The summed E-state index contributed by atoms with van der Waals surface area (Å²) in [5.74, 6) is -0.275. The van der Waals surface area contributed by atoms with Gasteiger partial charge in [-0.25, -0.2) is 0 Å². The Bertz CT molecular complexity index is 1120. The van der Waals surface area contributed by atoms with Crippen molar-refractivity contribution < 1.29 is 14.0 Å². The highest BCUT2D eigenvalue weighted by atomic mass is 16.3. The summed E-state index contributed by atoms with van der Waals surface area (Å²) in [6, 6.07) is 3.79. The number of hydrogen-bond acceptors (Lipinski definition) is 4. The summed E-state index contributed by atoms with van der Waals surface area (Å²) in [7, 11) is 0. The van der Waals surface area contributed by atoms with Crippen molar-refractivity contribution in [3.8, 4) is 0 Å². The molecule has 1 fully saturated rings. The number of carbonyl (C=O) groups excluding carboxylic acids is 2. The van der Waals surface area contributed by atoms with Crippen LogP contribution in [0.15, 0.2) is 47.1 Å². The van der Waals surface area contributed by atoms with Crippen LogP contribution in [0, 0.1) is 0 Å². The van der Waals surface area contributed by atoms with Gasteiger partial charge in [0.25, 0.3) is 11.8 Å². The molecule has 0 radical (unpaired) electrons. The van der Waals surface area contributed by atoms with Gasteiger partial charge in [0.05, 0.1) is 18.3 Å². The van der Waals surface area contributed by atoms with Crippen molar-refractivity contribution in [1.82, 2.24) is 19.7 Å². The van der Waals surface area contributed by atoms with Gasteiger partial charge in [-0.1, -0.05) is 57.8 Å². The third kappa shape index (κ3) is 5.03. The summed E-state index contributed by atoms with van der Waals surface area (Å²) < 4.78 is 7.56. The van der Waals surface area contributed by atoms with Gasteiger partial charge >= 0.3 is 0 Å². The van der Waals surface area contributed by atoms with Crippen LogP contribution in [0.5, 0.6) is 0 Å². The van der Waals surface area contributed by atoms with Gasteiger partial charge in [0.1, 0.15) is 5.69 Å². The van der Waals surface area contributed by atoms with Gasteiger partial charge in [0.2, 0.25) is 0 Å². The fraction of sp³-hybridized carbons (Fsp3) is 0.586. The van der Waals surface area contributed by atoms with E-state index in [2.05, 4.69) is 30.3 Å². The van der Waals surface area contributed by atoms with Crippen LogP contribution in [-0.2, 0) is 11.3 Å². The van der Waals surface area contributed by atoms with Gasteiger partial charge in [-0.15, -0.1) is 0 Å². The molecular weight excluding hydrogens is 452 g/mol. The first-order valence-corrected chi connectivity index (χ1v) is 13.5. The second-order valence-corrected chi connectivity index (χ2v) is 10.7. The smallest absolute Gasteiger partial charge is 0.271 e. The molecule has 1 saturated carbocycles. The Balaban J connectivity index is 1.70. The highest BCUT2D eigenvalue weighted by molar-refractivity contribution is 6.04. The summed E-state index contributed by atoms with van der Waals surface area (Å²) >= 11 is 0. The lowest BCUT2D eigenvalue weighted by molar-refractivity contribution is -0.132. The number of fused-ring (bicyclic) bond motifs is 3. The number of amides is 2. The van der Waals surface area contributed by atoms with E-state index in [4.69, 9.17) is 4.42 Å². The molecule has 2 amide bonds. The van der Waals surface area contributed by atoms with E-state index in [0.29, 0.717) is 36.5 Å². The minimum atomic E-state index is -1.17. The quantitative estimate of drug-likeness (QED) is 0.491. The van der Waals surface area contributed by atoms with Gasteiger partial charge < -0.3 is 19.2 Å². The average Bonchev–Trinajstić information content (AvgIpc) is 3.40. The number of carbonyl (C=O) groups is 2. The van der Waals surface area contributed by atoms with E-state index in [-0.39, 0.29) is 17.9 Å². The molecule has 196 valence electrons. The Morgan fingerprint density at radius 1 is 1.19 bits per heavy atom. The van der Waals surface area contributed by atoms with Crippen LogP contribution in [0.2, 0.25) is 0 Å². The van der Waals surface area contributed by atoms with Crippen molar-refractivity contribution in [1.29, 1.82) is 0 Å².